The van der Waals surface area contributed by atoms with Crippen LogP contribution in [0.15, 0.2) is 34.9 Å². The highest BCUT2D eigenvalue weighted by molar-refractivity contribution is 9.10. The fourth-order valence-electron chi connectivity index (χ4n) is 1.54. The van der Waals surface area contributed by atoms with Gasteiger partial charge in [0, 0.05) is 24.8 Å². The molecule has 18 heavy (non-hydrogen) atoms. The monoisotopic (exact) mass is 308 g/mol. The van der Waals surface area contributed by atoms with Crippen LogP contribution in [0.2, 0.25) is 0 Å². The molecule has 1 amide bonds. The Morgan fingerprint density at radius 2 is 2.11 bits per heavy atom. The molecule has 2 rings (SSSR count). The van der Waals surface area contributed by atoms with Crippen molar-refractivity contribution in [1.29, 1.82) is 0 Å². The van der Waals surface area contributed by atoms with Gasteiger partial charge < -0.3 is 10.6 Å². The molecule has 6 heteroatoms. The average molecular weight is 309 g/mol. The minimum atomic E-state index is -0.135. The third-order valence-electron chi connectivity index (χ3n) is 2.45. The lowest BCUT2D eigenvalue weighted by atomic mass is 10.3. The lowest BCUT2D eigenvalue weighted by Crippen LogP contribution is -2.22. The van der Waals surface area contributed by atoms with Crippen LogP contribution in [0.4, 0.5) is 5.69 Å². The largest absolute Gasteiger partial charge is 0.397 e. The van der Waals surface area contributed by atoms with Crippen LogP contribution in [-0.4, -0.2) is 34.7 Å². The molecule has 0 bridgehead atoms. The SMILES string of the molecule is CN(C)C(=O)c1ccn(-c2ccc(Br)cc2N)n1. The lowest BCUT2D eigenvalue weighted by Gasteiger charge is -2.08. The summed E-state index contributed by atoms with van der Waals surface area (Å²) in [7, 11) is 3.38. The highest BCUT2D eigenvalue weighted by Crippen LogP contribution is 2.21. The minimum absolute atomic E-state index is 0.135. The second-order valence-electron chi connectivity index (χ2n) is 4.05. The Morgan fingerprint density at radius 1 is 1.39 bits per heavy atom. The first kappa shape index (κ1) is 12.6. The predicted molar refractivity (Wildman–Crippen MR) is 73.7 cm³/mol. The molecule has 0 saturated carbocycles. The van der Waals surface area contributed by atoms with E-state index in [0.717, 1.165) is 10.2 Å². The molecule has 0 fully saturated rings. The van der Waals surface area contributed by atoms with Gasteiger partial charge in [-0.1, -0.05) is 15.9 Å². The third-order valence-corrected chi connectivity index (χ3v) is 2.94. The first-order valence-electron chi connectivity index (χ1n) is 5.32. The molecule has 0 aliphatic carbocycles. The van der Waals surface area contributed by atoms with Crippen LogP contribution >= 0.6 is 15.9 Å². The summed E-state index contributed by atoms with van der Waals surface area (Å²) in [6.45, 7) is 0. The quantitative estimate of drug-likeness (QED) is 0.862. The molecule has 94 valence electrons. The van der Waals surface area contributed by atoms with Crippen molar-refractivity contribution in [2.75, 3.05) is 19.8 Å². The van der Waals surface area contributed by atoms with E-state index in [-0.39, 0.29) is 5.91 Å². The normalized spacial score (nSPS) is 10.4. The maximum absolute atomic E-state index is 11.7. The Balaban J connectivity index is 2.38. The summed E-state index contributed by atoms with van der Waals surface area (Å²) >= 11 is 3.35. The van der Waals surface area contributed by atoms with Crippen molar-refractivity contribution in [3.8, 4) is 5.69 Å². The van der Waals surface area contributed by atoms with Gasteiger partial charge in [-0.15, -0.1) is 0 Å². The lowest BCUT2D eigenvalue weighted by molar-refractivity contribution is 0.0821. The molecule has 0 unspecified atom stereocenters. The summed E-state index contributed by atoms with van der Waals surface area (Å²) in [6, 6.07) is 7.19. The van der Waals surface area contributed by atoms with Crippen LogP contribution in [0, 0.1) is 0 Å². The molecule has 2 N–H and O–H groups in total. The molecular formula is C12H13BrN4O. The number of rotatable bonds is 2. The average Bonchev–Trinajstić information content (AvgIpc) is 2.77. The summed E-state index contributed by atoms with van der Waals surface area (Å²) in [5.74, 6) is -0.135. The molecule has 1 heterocycles. The number of hydrogen-bond acceptors (Lipinski definition) is 3. The van der Waals surface area contributed by atoms with Crippen molar-refractivity contribution in [3.05, 3.63) is 40.6 Å². The second kappa shape index (κ2) is 4.81. The number of benzene rings is 1. The van der Waals surface area contributed by atoms with E-state index in [1.165, 1.54) is 4.90 Å². The summed E-state index contributed by atoms with van der Waals surface area (Å²) in [5.41, 5.74) is 7.64. The van der Waals surface area contributed by atoms with Crippen molar-refractivity contribution in [3.63, 3.8) is 0 Å². The van der Waals surface area contributed by atoms with E-state index in [0.29, 0.717) is 11.4 Å². The van der Waals surface area contributed by atoms with Gasteiger partial charge in [0.15, 0.2) is 5.69 Å². The third kappa shape index (κ3) is 2.38. The molecular weight excluding hydrogens is 296 g/mol. The van der Waals surface area contributed by atoms with Crippen LogP contribution in [0.25, 0.3) is 5.69 Å². The van der Waals surface area contributed by atoms with Crippen molar-refractivity contribution >= 4 is 27.5 Å². The molecule has 2 aromatic rings. The van der Waals surface area contributed by atoms with Crippen LogP contribution in [0.1, 0.15) is 10.5 Å². The van der Waals surface area contributed by atoms with Gasteiger partial charge in [0.2, 0.25) is 0 Å². The Morgan fingerprint density at radius 3 is 2.72 bits per heavy atom. The van der Waals surface area contributed by atoms with Crippen LogP contribution in [-0.2, 0) is 0 Å². The summed E-state index contributed by atoms with van der Waals surface area (Å²) in [6.07, 6.45) is 1.72. The van der Waals surface area contributed by atoms with E-state index in [1.807, 2.05) is 12.1 Å². The van der Waals surface area contributed by atoms with E-state index in [2.05, 4.69) is 21.0 Å². The Labute approximate surface area is 113 Å². The molecule has 0 radical (unpaired) electrons. The zero-order valence-corrected chi connectivity index (χ0v) is 11.7. The van der Waals surface area contributed by atoms with E-state index in [9.17, 15) is 4.79 Å². The number of amides is 1. The number of halogens is 1. The fourth-order valence-corrected chi connectivity index (χ4v) is 1.91. The number of hydrogen-bond donors (Lipinski definition) is 1. The number of nitrogens with zero attached hydrogens (tertiary/aromatic N) is 3. The molecule has 1 aromatic carbocycles. The van der Waals surface area contributed by atoms with Gasteiger partial charge in [-0.05, 0) is 24.3 Å². The molecule has 5 nitrogen and oxygen atoms in total. The van der Waals surface area contributed by atoms with Crippen molar-refractivity contribution in [2.45, 2.75) is 0 Å². The minimum Gasteiger partial charge on any atom is -0.397 e. The summed E-state index contributed by atoms with van der Waals surface area (Å²) in [5, 5.41) is 4.22. The standard InChI is InChI=1S/C12H13BrN4O/c1-16(2)12(18)10-5-6-17(15-10)11-4-3-8(13)7-9(11)14/h3-7H,14H2,1-2H3. The molecule has 0 saturated heterocycles. The zero-order chi connectivity index (χ0) is 13.3. The molecule has 1 aromatic heterocycles. The number of carbonyl (C=O) groups is 1. The summed E-state index contributed by atoms with van der Waals surface area (Å²) in [4.78, 5) is 13.2. The number of anilines is 1. The van der Waals surface area contributed by atoms with E-state index in [4.69, 9.17) is 5.73 Å². The van der Waals surface area contributed by atoms with Crippen molar-refractivity contribution < 1.29 is 4.79 Å². The summed E-state index contributed by atoms with van der Waals surface area (Å²) < 4.78 is 2.50. The van der Waals surface area contributed by atoms with Crippen LogP contribution in [0.5, 0.6) is 0 Å². The van der Waals surface area contributed by atoms with Gasteiger partial charge in [0.25, 0.3) is 5.91 Å². The van der Waals surface area contributed by atoms with Crippen molar-refractivity contribution in [1.82, 2.24) is 14.7 Å². The zero-order valence-electron chi connectivity index (χ0n) is 10.1. The second-order valence-corrected chi connectivity index (χ2v) is 4.96. The van der Waals surface area contributed by atoms with Gasteiger partial charge in [0.1, 0.15) is 0 Å². The highest BCUT2D eigenvalue weighted by atomic mass is 79.9. The smallest absolute Gasteiger partial charge is 0.273 e. The van der Waals surface area contributed by atoms with E-state index in [1.54, 1.807) is 37.1 Å². The van der Waals surface area contributed by atoms with Crippen LogP contribution in [0.3, 0.4) is 0 Å². The topological polar surface area (TPSA) is 64.2 Å². The number of nitrogens with two attached hydrogens (primary N) is 1. The molecule has 0 aliphatic rings. The predicted octanol–water partition coefficient (Wildman–Crippen LogP) is 1.92. The first-order valence-corrected chi connectivity index (χ1v) is 6.11. The molecule has 0 spiro atoms. The number of aromatic nitrogens is 2. The van der Waals surface area contributed by atoms with Gasteiger partial charge in [-0.2, -0.15) is 5.10 Å². The number of nitrogen functional groups attached to an aromatic ring is 1. The molecule has 0 aliphatic heterocycles. The maximum Gasteiger partial charge on any atom is 0.273 e. The van der Waals surface area contributed by atoms with Gasteiger partial charge in [0.05, 0.1) is 11.4 Å². The highest BCUT2D eigenvalue weighted by Gasteiger charge is 2.12. The maximum atomic E-state index is 11.7. The van der Waals surface area contributed by atoms with Gasteiger partial charge in [-0.3, -0.25) is 4.79 Å². The van der Waals surface area contributed by atoms with Gasteiger partial charge >= 0.3 is 0 Å². The first-order chi connectivity index (χ1) is 8.49. The van der Waals surface area contributed by atoms with Crippen LogP contribution < -0.4 is 5.73 Å². The van der Waals surface area contributed by atoms with Crippen molar-refractivity contribution in [2.24, 2.45) is 0 Å². The number of carbonyl (C=O) groups excluding carboxylic acids is 1. The Bertz CT molecular complexity index is 592. The Hall–Kier alpha value is -1.82. The van der Waals surface area contributed by atoms with E-state index < -0.39 is 0 Å². The fraction of sp³-hybridized carbons (Fsp3) is 0.167. The van der Waals surface area contributed by atoms with E-state index >= 15 is 0 Å². The Kier molecular flexibility index (Phi) is 3.38. The van der Waals surface area contributed by atoms with Gasteiger partial charge in [-0.25, -0.2) is 4.68 Å². The molecule has 0 atom stereocenters.